The fraction of sp³-hybridized carbons (Fsp3) is 0.471. The van der Waals surface area contributed by atoms with Crippen molar-refractivity contribution >= 4 is 41.2 Å². The molecule has 1 aliphatic heterocycles. The Balaban J connectivity index is 1.84. The van der Waals surface area contributed by atoms with Crippen LogP contribution in [0, 0.1) is 0 Å². The quantitative estimate of drug-likeness (QED) is 0.756. The molecule has 8 nitrogen and oxygen atoms in total. The lowest BCUT2D eigenvalue weighted by molar-refractivity contribution is -0.131. The number of fused-ring (bicyclic) bond motifs is 1. The van der Waals surface area contributed by atoms with Crippen molar-refractivity contribution in [2.45, 2.75) is 6.42 Å². The van der Waals surface area contributed by atoms with Crippen molar-refractivity contribution in [3.8, 4) is 11.5 Å². The van der Waals surface area contributed by atoms with Gasteiger partial charge in [0.15, 0.2) is 11.5 Å². The summed E-state index contributed by atoms with van der Waals surface area (Å²) in [6.07, 6.45) is 0.462. The number of ether oxygens (including phenoxy) is 2. The van der Waals surface area contributed by atoms with Crippen molar-refractivity contribution in [2.75, 3.05) is 56.8 Å². The lowest BCUT2D eigenvalue weighted by atomic mass is 10.2. The van der Waals surface area contributed by atoms with Crippen molar-refractivity contribution in [3.05, 3.63) is 12.1 Å². The number of nitrogens with zero attached hydrogens (tertiary/aromatic N) is 4. The van der Waals surface area contributed by atoms with E-state index < -0.39 is 0 Å². The number of carbonyl (C=O) groups is 1. The normalized spacial score (nSPS) is 14.6. The van der Waals surface area contributed by atoms with E-state index in [-0.39, 0.29) is 5.91 Å². The van der Waals surface area contributed by atoms with E-state index >= 15 is 0 Å². The van der Waals surface area contributed by atoms with Crippen LogP contribution in [-0.4, -0.2) is 66.9 Å². The molecule has 2 N–H and O–H groups in total. The average Bonchev–Trinajstić information content (AvgIpc) is 2.67. The second kappa shape index (κ2) is 7.86. The standard InChI is InChI=1S/C17H23N5O3S/c1-24-13-9-11-12(10-14(13)25-2)19-17(20-16(11)18)22-6-4-21(5-7-22)15(23)3-8-26/h9-10,26H,3-8H2,1-2H3,(H2,18,19,20). The van der Waals surface area contributed by atoms with Crippen LogP contribution in [0.3, 0.4) is 0 Å². The van der Waals surface area contributed by atoms with Gasteiger partial charge in [-0.15, -0.1) is 0 Å². The molecule has 2 aromatic rings. The maximum absolute atomic E-state index is 12.0. The van der Waals surface area contributed by atoms with E-state index in [4.69, 9.17) is 15.2 Å². The first-order chi connectivity index (χ1) is 12.6. The van der Waals surface area contributed by atoms with Crippen LogP contribution in [0.1, 0.15) is 6.42 Å². The van der Waals surface area contributed by atoms with Gasteiger partial charge in [0, 0.05) is 44.1 Å². The highest BCUT2D eigenvalue weighted by atomic mass is 32.1. The second-order valence-electron chi connectivity index (χ2n) is 5.97. The Hall–Kier alpha value is -2.42. The molecule has 1 saturated heterocycles. The Morgan fingerprint density at radius 1 is 1.15 bits per heavy atom. The lowest BCUT2D eigenvalue weighted by Crippen LogP contribution is -2.49. The summed E-state index contributed by atoms with van der Waals surface area (Å²) in [5.74, 6) is 2.82. The van der Waals surface area contributed by atoms with Crippen molar-refractivity contribution < 1.29 is 14.3 Å². The SMILES string of the molecule is COc1cc2nc(N3CCN(C(=O)CCS)CC3)nc(N)c2cc1OC. The van der Waals surface area contributed by atoms with Gasteiger partial charge in [-0.3, -0.25) is 4.79 Å². The highest BCUT2D eigenvalue weighted by molar-refractivity contribution is 7.80. The molecule has 0 bridgehead atoms. The van der Waals surface area contributed by atoms with Crippen LogP contribution in [-0.2, 0) is 4.79 Å². The Morgan fingerprint density at radius 3 is 2.42 bits per heavy atom. The molecule has 0 unspecified atom stereocenters. The van der Waals surface area contributed by atoms with E-state index in [2.05, 4.69) is 22.6 Å². The number of nitrogens with two attached hydrogens (primary N) is 1. The summed E-state index contributed by atoms with van der Waals surface area (Å²) in [6, 6.07) is 3.57. The van der Waals surface area contributed by atoms with Gasteiger partial charge in [0.1, 0.15) is 5.82 Å². The number of rotatable bonds is 5. The van der Waals surface area contributed by atoms with Crippen molar-refractivity contribution in [2.24, 2.45) is 0 Å². The average molecular weight is 377 g/mol. The van der Waals surface area contributed by atoms with Gasteiger partial charge < -0.3 is 25.0 Å². The molecule has 2 heterocycles. The number of carbonyl (C=O) groups excluding carboxylic acids is 1. The summed E-state index contributed by atoms with van der Waals surface area (Å²) in [5.41, 5.74) is 6.84. The van der Waals surface area contributed by atoms with Gasteiger partial charge in [-0.25, -0.2) is 4.98 Å². The number of piperazine rings is 1. The van der Waals surface area contributed by atoms with E-state index in [1.54, 1.807) is 26.4 Å². The van der Waals surface area contributed by atoms with Crippen molar-refractivity contribution in [1.82, 2.24) is 14.9 Å². The van der Waals surface area contributed by atoms with Crippen LogP contribution >= 0.6 is 12.6 Å². The predicted octanol–water partition coefficient (Wildman–Crippen LogP) is 1.20. The van der Waals surface area contributed by atoms with Crippen LogP contribution < -0.4 is 20.1 Å². The minimum Gasteiger partial charge on any atom is -0.493 e. The number of nitrogen functional groups attached to an aromatic ring is 1. The maximum atomic E-state index is 12.0. The summed E-state index contributed by atoms with van der Waals surface area (Å²) in [5, 5.41) is 0.717. The number of hydrogen-bond acceptors (Lipinski definition) is 8. The smallest absolute Gasteiger partial charge is 0.228 e. The summed E-state index contributed by atoms with van der Waals surface area (Å²) in [7, 11) is 3.15. The second-order valence-corrected chi connectivity index (χ2v) is 6.42. The number of thiol groups is 1. The Labute approximate surface area is 157 Å². The fourth-order valence-electron chi connectivity index (χ4n) is 3.02. The van der Waals surface area contributed by atoms with Crippen molar-refractivity contribution in [1.29, 1.82) is 0 Å². The number of benzene rings is 1. The molecular formula is C17H23N5O3S. The minimum absolute atomic E-state index is 0.135. The molecule has 1 amide bonds. The number of amides is 1. The van der Waals surface area contributed by atoms with Crippen LogP contribution in [0.2, 0.25) is 0 Å². The molecular weight excluding hydrogens is 354 g/mol. The van der Waals surface area contributed by atoms with Crippen LogP contribution in [0.15, 0.2) is 12.1 Å². The van der Waals surface area contributed by atoms with Crippen LogP contribution in [0.5, 0.6) is 11.5 Å². The first kappa shape index (κ1) is 18.4. The third-order valence-corrected chi connectivity index (χ3v) is 4.68. The van der Waals surface area contributed by atoms with Gasteiger partial charge in [-0.1, -0.05) is 0 Å². The van der Waals surface area contributed by atoms with Gasteiger partial charge in [-0.2, -0.15) is 17.6 Å². The molecule has 1 aromatic carbocycles. The first-order valence-electron chi connectivity index (χ1n) is 8.40. The Kier molecular flexibility index (Phi) is 5.55. The molecule has 26 heavy (non-hydrogen) atoms. The van der Waals surface area contributed by atoms with Gasteiger partial charge in [-0.05, 0) is 11.8 Å². The largest absolute Gasteiger partial charge is 0.493 e. The molecule has 0 saturated carbocycles. The predicted molar refractivity (Wildman–Crippen MR) is 104 cm³/mol. The third-order valence-electron chi connectivity index (χ3n) is 4.46. The monoisotopic (exact) mass is 377 g/mol. The highest BCUT2D eigenvalue weighted by Crippen LogP contribution is 2.34. The molecule has 1 fully saturated rings. The molecule has 1 aliphatic rings. The summed E-state index contributed by atoms with van der Waals surface area (Å²) >= 11 is 4.12. The molecule has 140 valence electrons. The van der Waals surface area contributed by atoms with Gasteiger partial charge in [0.05, 0.1) is 19.7 Å². The molecule has 0 aliphatic carbocycles. The summed E-state index contributed by atoms with van der Waals surface area (Å²) in [6.45, 7) is 2.60. The van der Waals surface area contributed by atoms with Crippen LogP contribution in [0.25, 0.3) is 10.9 Å². The fourth-order valence-corrected chi connectivity index (χ4v) is 3.21. The zero-order valence-corrected chi connectivity index (χ0v) is 15.8. The molecule has 1 aromatic heterocycles. The molecule has 0 radical (unpaired) electrons. The van der Waals surface area contributed by atoms with Gasteiger partial charge in [0.25, 0.3) is 0 Å². The zero-order valence-electron chi connectivity index (χ0n) is 14.9. The zero-order chi connectivity index (χ0) is 18.7. The number of anilines is 2. The van der Waals surface area contributed by atoms with Crippen LogP contribution in [0.4, 0.5) is 11.8 Å². The van der Waals surface area contributed by atoms with E-state index in [1.807, 2.05) is 9.80 Å². The third kappa shape index (κ3) is 3.57. The van der Waals surface area contributed by atoms with Crippen molar-refractivity contribution in [3.63, 3.8) is 0 Å². The number of hydrogen-bond donors (Lipinski definition) is 2. The molecule has 0 atom stereocenters. The summed E-state index contributed by atoms with van der Waals surface area (Å²) in [4.78, 5) is 24.9. The topological polar surface area (TPSA) is 93.8 Å². The first-order valence-corrected chi connectivity index (χ1v) is 9.03. The maximum Gasteiger partial charge on any atom is 0.228 e. The van der Waals surface area contributed by atoms with E-state index in [9.17, 15) is 4.79 Å². The highest BCUT2D eigenvalue weighted by Gasteiger charge is 2.23. The van der Waals surface area contributed by atoms with Gasteiger partial charge >= 0.3 is 0 Å². The van der Waals surface area contributed by atoms with E-state index in [1.165, 1.54) is 0 Å². The number of aromatic nitrogens is 2. The lowest BCUT2D eigenvalue weighted by Gasteiger charge is -2.34. The molecule has 3 rings (SSSR count). The minimum atomic E-state index is 0.135. The van der Waals surface area contributed by atoms with E-state index in [0.29, 0.717) is 72.5 Å². The summed E-state index contributed by atoms with van der Waals surface area (Å²) < 4.78 is 10.7. The van der Waals surface area contributed by atoms with Gasteiger partial charge in [0.2, 0.25) is 11.9 Å². The molecule has 9 heteroatoms. The Bertz CT molecular complexity index is 809. The Morgan fingerprint density at radius 2 is 1.81 bits per heavy atom. The molecule has 0 spiro atoms. The number of methoxy groups -OCH3 is 2. The van der Waals surface area contributed by atoms with E-state index in [0.717, 1.165) is 0 Å².